The van der Waals surface area contributed by atoms with Crippen LogP contribution in [0.3, 0.4) is 0 Å². The Kier molecular flexibility index (Phi) is 5.46. The molecular weight excluding hydrogens is 272 g/mol. The van der Waals surface area contributed by atoms with Gasteiger partial charge in [0, 0.05) is 17.1 Å². The van der Waals surface area contributed by atoms with Crippen LogP contribution in [-0.2, 0) is 4.79 Å². The number of hydrogen-bond donors (Lipinski definition) is 2. The summed E-state index contributed by atoms with van der Waals surface area (Å²) in [6, 6.07) is 7.85. The SMILES string of the molecule is CSc1cccc(NC(=O)CN2CCC(C(C)O)C2)c1. The predicted molar refractivity (Wildman–Crippen MR) is 83.1 cm³/mol. The number of rotatable bonds is 5. The van der Waals surface area contributed by atoms with E-state index in [2.05, 4.69) is 10.2 Å². The van der Waals surface area contributed by atoms with Gasteiger partial charge in [0.2, 0.25) is 5.91 Å². The van der Waals surface area contributed by atoms with E-state index in [0.29, 0.717) is 12.5 Å². The van der Waals surface area contributed by atoms with E-state index in [1.54, 1.807) is 11.8 Å². The van der Waals surface area contributed by atoms with E-state index < -0.39 is 0 Å². The number of hydrogen-bond acceptors (Lipinski definition) is 4. The van der Waals surface area contributed by atoms with Crippen LogP contribution in [0, 0.1) is 5.92 Å². The van der Waals surface area contributed by atoms with Gasteiger partial charge in [0.05, 0.1) is 12.6 Å². The summed E-state index contributed by atoms with van der Waals surface area (Å²) < 4.78 is 0. The van der Waals surface area contributed by atoms with Crippen LogP contribution in [0.5, 0.6) is 0 Å². The maximum absolute atomic E-state index is 12.0. The lowest BCUT2D eigenvalue weighted by Crippen LogP contribution is -2.32. The topological polar surface area (TPSA) is 52.6 Å². The lowest BCUT2D eigenvalue weighted by Gasteiger charge is -2.17. The predicted octanol–water partition coefficient (Wildman–Crippen LogP) is 2.05. The van der Waals surface area contributed by atoms with Crippen molar-refractivity contribution in [3.8, 4) is 0 Å². The second kappa shape index (κ2) is 7.11. The van der Waals surface area contributed by atoms with E-state index in [1.165, 1.54) is 0 Å². The van der Waals surface area contributed by atoms with Gasteiger partial charge in [-0.3, -0.25) is 9.69 Å². The molecule has 0 aromatic heterocycles. The zero-order valence-electron chi connectivity index (χ0n) is 12.0. The lowest BCUT2D eigenvalue weighted by molar-refractivity contribution is -0.117. The number of benzene rings is 1. The number of nitrogens with one attached hydrogen (secondary N) is 1. The third-order valence-corrected chi connectivity index (χ3v) is 4.44. The Bertz CT molecular complexity index is 465. The van der Waals surface area contributed by atoms with Crippen molar-refractivity contribution in [2.24, 2.45) is 5.92 Å². The van der Waals surface area contributed by atoms with Crippen molar-refractivity contribution < 1.29 is 9.90 Å². The highest BCUT2D eigenvalue weighted by Crippen LogP contribution is 2.21. The molecule has 2 unspecified atom stereocenters. The van der Waals surface area contributed by atoms with Crippen LogP contribution in [0.25, 0.3) is 0 Å². The summed E-state index contributed by atoms with van der Waals surface area (Å²) >= 11 is 1.66. The fourth-order valence-corrected chi connectivity index (χ4v) is 2.96. The maximum Gasteiger partial charge on any atom is 0.238 e. The van der Waals surface area contributed by atoms with Gasteiger partial charge in [-0.2, -0.15) is 0 Å². The number of nitrogens with zero attached hydrogens (tertiary/aromatic N) is 1. The molecule has 1 aliphatic rings. The van der Waals surface area contributed by atoms with Crippen molar-refractivity contribution >= 4 is 23.4 Å². The number of amides is 1. The number of aliphatic hydroxyl groups is 1. The summed E-state index contributed by atoms with van der Waals surface area (Å²) in [6.07, 6.45) is 2.69. The number of carbonyl (C=O) groups is 1. The van der Waals surface area contributed by atoms with Crippen molar-refractivity contribution in [1.82, 2.24) is 4.90 Å². The molecule has 2 rings (SSSR count). The van der Waals surface area contributed by atoms with Crippen LogP contribution in [0.2, 0.25) is 0 Å². The second-order valence-corrected chi connectivity index (χ2v) is 6.18. The summed E-state index contributed by atoms with van der Waals surface area (Å²) in [7, 11) is 0. The molecule has 1 saturated heterocycles. The minimum atomic E-state index is -0.290. The molecule has 1 heterocycles. The molecule has 0 saturated carbocycles. The van der Waals surface area contributed by atoms with Crippen LogP contribution in [-0.4, -0.2) is 47.9 Å². The molecule has 1 aromatic carbocycles. The monoisotopic (exact) mass is 294 g/mol. The minimum Gasteiger partial charge on any atom is -0.393 e. The molecule has 20 heavy (non-hydrogen) atoms. The van der Waals surface area contributed by atoms with Gasteiger partial charge in [-0.1, -0.05) is 6.07 Å². The molecule has 4 nitrogen and oxygen atoms in total. The first-order valence-electron chi connectivity index (χ1n) is 6.93. The van der Waals surface area contributed by atoms with Gasteiger partial charge in [0.25, 0.3) is 0 Å². The molecule has 5 heteroatoms. The molecular formula is C15H22N2O2S. The van der Waals surface area contributed by atoms with Crippen LogP contribution in [0.4, 0.5) is 5.69 Å². The van der Waals surface area contributed by atoms with E-state index in [0.717, 1.165) is 30.1 Å². The Balaban J connectivity index is 1.84. The summed E-state index contributed by atoms with van der Waals surface area (Å²) in [5, 5.41) is 12.5. The van der Waals surface area contributed by atoms with Crippen LogP contribution in [0.15, 0.2) is 29.2 Å². The fraction of sp³-hybridized carbons (Fsp3) is 0.533. The van der Waals surface area contributed by atoms with Gasteiger partial charge >= 0.3 is 0 Å². The first kappa shape index (κ1) is 15.4. The normalized spacial score (nSPS) is 20.9. The van der Waals surface area contributed by atoms with Gasteiger partial charge in [-0.05, 0) is 50.3 Å². The maximum atomic E-state index is 12.0. The molecule has 110 valence electrons. The number of thioether (sulfide) groups is 1. The summed E-state index contributed by atoms with van der Waals surface area (Å²) in [5.74, 6) is 0.303. The van der Waals surface area contributed by atoms with Crippen molar-refractivity contribution in [2.45, 2.75) is 24.3 Å². The number of likely N-dealkylation sites (tertiary alicyclic amines) is 1. The Morgan fingerprint density at radius 3 is 3.05 bits per heavy atom. The molecule has 0 bridgehead atoms. The van der Waals surface area contributed by atoms with E-state index in [1.807, 2.05) is 37.4 Å². The average Bonchev–Trinajstić information content (AvgIpc) is 2.87. The molecule has 2 atom stereocenters. The fourth-order valence-electron chi connectivity index (χ4n) is 2.50. The zero-order chi connectivity index (χ0) is 14.5. The van der Waals surface area contributed by atoms with Gasteiger partial charge in [0.15, 0.2) is 0 Å². The molecule has 1 aliphatic heterocycles. The van der Waals surface area contributed by atoms with Gasteiger partial charge in [-0.25, -0.2) is 0 Å². The zero-order valence-corrected chi connectivity index (χ0v) is 12.8. The van der Waals surface area contributed by atoms with Crippen LogP contribution < -0.4 is 5.32 Å². The van der Waals surface area contributed by atoms with E-state index in [-0.39, 0.29) is 12.0 Å². The lowest BCUT2D eigenvalue weighted by atomic mass is 10.0. The van der Waals surface area contributed by atoms with E-state index in [4.69, 9.17) is 0 Å². The quantitative estimate of drug-likeness (QED) is 0.816. The Labute approximate surface area is 124 Å². The van der Waals surface area contributed by atoms with Crippen LogP contribution >= 0.6 is 11.8 Å². The van der Waals surface area contributed by atoms with Crippen molar-refractivity contribution in [3.05, 3.63) is 24.3 Å². The van der Waals surface area contributed by atoms with Gasteiger partial charge in [0.1, 0.15) is 0 Å². The summed E-state index contributed by atoms with van der Waals surface area (Å²) in [4.78, 5) is 15.3. The first-order valence-corrected chi connectivity index (χ1v) is 8.15. The molecule has 0 radical (unpaired) electrons. The third kappa shape index (κ3) is 4.23. The Morgan fingerprint density at radius 2 is 2.40 bits per heavy atom. The highest BCUT2D eigenvalue weighted by atomic mass is 32.2. The van der Waals surface area contributed by atoms with Gasteiger partial charge < -0.3 is 10.4 Å². The van der Waals surface area contributed by atoms with Crippen molar-refractivity contribution in [1.29, 1.82) is 0 Å². The van der Waals surface area contributed by atoms with E-state index >= 15 is 0 Å². The summed E-state index contributed by atoms with van der Waals surface area (Å²) in [5.41, 5.74) is 0.841. The number of anilines is 1. The smallest absolute Gasteiger partial charge is 0.238 e. The Morgan fingerprint density at radius 1 is 1.60 bits per heavy atom. The molecule has 0 spiro atoms. The standard InChI is InChI=1S/C15H22N2O2S/c1-11(18)12-6-7-17(9-12)10-15(19)16-13-4-3-5-14(8-13)20-2/h3-5,8,11-12,18H,6-7,9-10H2,1-2H3,(H,16,19). The van der Waals surface area contributed by atoms with E-state index in [9.17, 15) is 9.90 Å². The molecule has 2 N–H and O–H groups in total. The van der Waals surface area contributed by atoms with Crippen LogP contribution in [0.1, 0.15) is 13.3 Å². The minimum absolute atomic E-state index is 0.00879. The highest BCUT2D eigenvalue weighted by Gasteiger charge is 2.26. The van der Waals surface area contributed by atoms with Gasteiger partial charge in [-0.15, -0.1) is 11.8 Å². The number of aliphatic hydroxyl groups excluding tert-OH is 1. The third-order valence-electron chi connectivity index (χ3n) is 3.71. The Hall–Kier alpha value is -1.04. The largest absolute Gasteiger partial charge is 0.393 e. The number of carbonyl (C=O) groups excluding carboxylic acids is 1. The molecule has 1 aromatic rings. The molecule has 1 fully saturated rings. The highest BCUT2D eigenvalue weighted by molar-refractivity contribution is 7.98. The van der Waals surface area contributed by atoms with Crippen molar-refractivity contribution in [2.75, 3.05) is 31.2 Å². The second-order valence-electron chi connectivity index (χ2n) is 5.30. The molecule has 0 aliphatic carbocycles. The summed E-state index contributed by atoms with van der Waals surface area (Å²) in [6.45, 7) is 3.90. The molecule has 1 amide bonds. The van der Waals surface area contributed by atoms with Crippen molar-refractivity contribution in [3.63, 3.8) is 0 Å². The first-order chi connectivity index (χ1) is 9.58. The average molecular weight is 294 g/mol.